The second-order valence-electron chi connectivity index (χ2n) is 13.0. The minimum Gasteiger partial charge on any atom is -0.394 e. The zero-order valence-corrected chi connectivity index (χ0v) is 30.4. The Morgan fingerprint density at radius 2 is 1.29 bits per heavy atom. The summed E-state index contributed by atoms with van der Waals surface area (Å²) in [7, 11) is 0. The molecule has 7 unspecified atom stereocenters. The third-order valence-electron chi connectivity index (χ3n) is 8.58. The highest BCUT2D eigenvalue weighted by molar-refractivity contribution is 5.76. The molecule has 6 N–H and O–H groups in total. The molecule has 1 amide bonds. The van der Waals surface area contributed by atoms with Crippen LogP contribution < -0.4 is 5.32 Å². The van der Waals surface area contributed by atoms with Crippen molar-refractivity contribution in [2.75, 3.05) is 13.2 Å². The highest BCUT2D eigenvalue weighted by Crippen LogP contribution is 2.22. The Kier molecular flexibility index (Phi) is 28.1. The molecule has 1 fully saturated rings. The number of amides is 1. The summed E-state index contributed by atoms with van der Waals surface area (Å²) < 4.78 is 11.1. The van der Waals surface area contributed by atoms with Crippen LogP contribution in [0.4, 0.5) is 0 Å². The predicted molar refractivity (Wildman–Crippen MR) is 198 cm³/mol. The van der Waals surface area contributed by atoms with Gasteiger partial charge in [0, 0.05) is 6.42 Å². The molecule has 1 aliphatic rings. The molecule has 0 bridgehead atoms. The van der Waals surface area contributed by atoms with Crippen molar-refractivity contribution >= 4 is 5.91 Å². The van der Waals surface area contributed by atoms with Gasteiger partial charge in [-0.25, -0.2) is 0 Å². The van der Waals surface area contributed by atoms with E-state index in [0.717, 1.165) is 70.6 Å². The first-order chi connectivity index (χ1) is 23.8. The minimum atomic E-state index is -1.57. The second-order valence-corrected chi connectivity index (χ2v) is 13.0. The number of unbranched alkanes of at least 4 members (excludes halogenated alkanes) is 11. The summed E-state index contributed by atoms with van der Waals surface area (Å²) in [5, 5.41) is 53.7. The Morgan fingerprint density at radius 1 is 0.714 bits per heavy atom. The lowest BCUT2D eigenvalue weighted by molar-refractivity contribution is -0.302. The largest absolute Gasteiger partial charge is 0.394 e. The van der Waals surface area contributed by atoms with E-state index >= 15 is 0 Å². The first kappa shape index (κ1) is 44.9. The molecule has 1 rings (SSSR count). The van der Waals surface area contributed by atoms with Gasteiger partial charge in [-0.05, 0) is 64.2 Å². The molecule has 0 aromatic heterocycles. The smallest absolute Gasteiger partial charge is 0.220 e. The Hall–Kier alpha value is -2.11. The highest BCUT2D eigenvalue weighted by atomic mass is 16.7. The van der Waals surface area contributed by atoms with E-state index in [1.54, 1.807) is 6.08 Å². The fourth-order valence-electron chi connectivity index (χ4n) is 5.48. The maximum Gasteiger partial charge on any atom is 0.220 e. The van der Waals surface area contributed by atoms with E-state index in [-0.39, 0.29) is 12.5 Å². The van der Waals surface area contributed by atoms with E-state index in [9.17, 15) is 30.3 Å². The molecule has 7 atom stereocenters. The van der Waals surface area contributed by atoms with Gasteiger partial charge in [-0.2, -0.15) is 0 Å². The zero-order chi connectivity index (χ0) is 36.0. The van der Waals surface area contributed by atoms with Crippen molar-refractivity contribution in [2.24, 2.45) is 0 Å². The van der Waals surface area contributed by atoms with Crippen molar-refractivity contribution in [2.45, 2.75) is 172 Å². The maximum absolute atomic E-state index is 12.8. The SMILES string of the molecule is CC/C=C\C/C=C\C/C=C\CCCCCCCCCC(=O)NC(COC1OC(CO)C(O)C(O)C1O)C(O)/C=C/CC/C=C/CCCCC. The van der Waals surface area contributed by atoms with Crippen LogP contribution in [-0.4, -0.2) is 87.5 Å². The molecule has 1 aliphatic heterocycles. The monoisotopic (exact) mass is 692 g/mol. The van der Waals surface area contributed by atoms with Crippen molar-refractivity contribution < 1.29 is 39.8 Å². The van der Waals surface area contributed by atoms with Gasteiger partial charge in [0.15, 0.2) is 6.29 Å². The maximum atomic E-state index is 12.8. The summed E-state index contributed by atoms with van der Waals surface area (Å²) >= 11 is 0. The van der Waals surface area contributed by atoms with Crippen molar-refractivity contribution in [3.05, 3.63) is 60.8 Å². The lowest BCUT2D eigenvalue weighted by Gasteiger charge is -2.40. The summed E-state index contributed by atoms with van der Waals surface area (Å²) in [6, 6.07) is -0.825. The van der Waals surface area contributed by atoms with E-state index < -0.39 is 49.5 Å². The van der Waals surface area contributed by atoms with Crippen LogP contribution in [0.1, 0.15) is 129 Å². The molecule has 0 radical (unpaired) electrons. The molecule has 282 valence electrons. The van der Waals surface area contributed by atoms with Crippen molar-refractivity contribution in [1.82, 2.24) is 5.32 Å². The van der Waals surface area contributed by atoms with E-state index in [4.69, 9.17) is 9.47 Å². The number of carbonyl (C=O) groups excluding carboxylic acids is 1. The van der Waals surface area contributed by atoms with Crippen LogP contribution in [0.2, 0.25) is 0 Å². The zero-order valence-electron chi connectivity index (χ0n) is 30.4. The molecule has 0 saturated carbocycles. The third kappa shape index (κ3) is 22.4. The summed E-state index contributed by atoms with van der Waals surface area (Å²) in [6.07, 6.45) is 31.3. The number of ether oxygens (including phenoxy) is 2. The first-order valence-electron chi connectivity index (χ1n) is 19.0. The normalized spacial score (nSPS) is 23.1. The Bertz CT molecular complexity index is 947. The van der Waals surface area contributed by atoms with E-state index in [1.807, 2.05) is 6.08 Å². The van der Waals surface area contributed by atoms with Gasteiger partial charge in [0.25, 0.3) is 0 Å². The Balaban J connectivity index is 2.43. The summed E-state index contributed by atoms with van der Waals surface area (Å²) in [4.78, 5) is 12.8. The number of rotatable bonds is 29. The van der Waals surface area contributed by atoms with Crippen molar-refractivity contribution in [3.63, 3.8) is 0 Å². The van der Waals surface area contributed by atoms with Crippen LogP contribution in [0.3, 0.4) is 0 Å². The van der Waals surface area contributed by atoms with Gasteiger partial charge < -0.3 is 40.3 Å². The molecule has 49 heavy (non-hydrogen) atoms. The van der Waals surface area contributed by atoms with E-state index in [1.165, 1.54) is 38.5 Å². The van der Waals surface area contributed by atoms with Crippen LogP contribution in [0.5, 0.6) is 0 Å². The number of hydrogen-bond acceptors (Lipinski definition) is 8. The van der Waals surface area contributed by atoms with Crippen LogP contribution in [0, 0.1) is 0 Å². The molecule has 1 saturated heterocycles. The highest BCUT2D eigenvalue weighted by Gasteiger charge is 2.44. The van der Waals surface area contributed by atoms with Gasteiger partial charge >= 0.3 is 0 Å². The van der Waals surface area contributed by atoms with E-state index in [2.05, 4.69) is 67.8 Å². The average Bonchev–Trinajstić information content (AvgIpc) is 3.10. The Labute approximate surface area is 296 Å². The molecule has 0 aromatic rings. The first-order valence-corrected chi connectivity index (χ1v) is 19.0. The summed E-state index contributed by atoms with van der Waals surface area (Å²) in [5.41, 5.74) is 0. The van der Waals surface area contributed by atoms with Gasteiger partial charge in [0.1, 0.15) is 24.4 Å². The number of aliphatic hydroxyl groups is 5. The van der Waals surface area contributed by atoms with Crippen LogP contribution >= 0.6 is 0 Å². The molecule has 1 heterocycles. The number of allylic oxidation sites excluding steroid dienone is 9. The fourth-order valence-corrected chi connectivity index (χ4v) is 5.48. The van der Waals surface area contributed by atoms with Crippen LogP contribution in [0.25, 0.3) is 0 Å². The third-order valence-corrected chi connectivity index (χ3v) is 8.58. The lowest BCUT2D eigenvalue weighted by Crippen LogP contribution is -2.60. The topological polar surface area (TPSA) is 149 Å². The lowest BCUT2D eigenvalue weighted by atomic mass is 9.99. The molecule has 9 heteroatoms. The van der Waals surface area contributed by atoms with Gasteiger partial charge in [0.2, 0.25) is 5.91 Å². The number of aliphatic hydroxyl groups excluding tert-OH is 5. The standard InChI is InChI=1S/C40H69NO8/c1-3-5-7-9-11-13-14-15-16-17-18-19-20-22-24-26-28-30-36(44)41-33(34(43)29-27-25-23-21-12-10-8-6-4-2)32-48-40-39(47)38(46)37(45)35(31-42)49-40/h5,7,11-13,15-16,21,27,29,33-35,37-40,42-43,45-47H,3-4,6,8-10,14,17-20,22-26,28,30-32H2,1-2H3,(H,41,44)/b7-5-,13-11-,16-15-,21-12+,29-27+. The quantitative estimate of drug-likeness (QED) is 0.0385. The number of carbonyl (C=O) groups is 1. The van der Waals surface area contributed by atoms with Gasteiger partial charge in [0.05, 0.1) is 25.4 Å². The average molecular weight is 692 g/mol. The van der Waals surface area contributed by atoms with Crippen molar-refractivity contribution in [3.8, 4) is 0 Å². The van der Waals surface area contributed by atoms with E-state index in [0.29, 0.717) is 6.42 Å². The van der Waals surface area contributed by atoms with Crippen molar-refractivity contribution in [1.29, 1.82) is 0 Å². The number of nitrogens with one attached hydrogen (secondary N) is 1. The molecule has 0 aromatic carbocycles. The summed E-state index contributed by atoms with van der Waals surface area (Å²) in [6.45, 7) is 3.55. The van der Waals surface area contributed by atoms with Gasteiger partial charge in [-0.3, -0.25) is 4.79 Å². The van der Waals surface area contributed by atoms with Crippen LogP contribution in [0.15, 0.2) is 60.8 Å². The Morgan fingerprint density at radius 3 is 1.96 bits per heavy atom. The molecule has 0 spiro atoms. The molecule has 0 aliphatic carbocycles. The molecule has 9 nitrogen and oxygen atoms in total. The summed E-state index contributed by atoms with van der Waals surface area (Å²) in [5.74, 6) is -0.205. The fraction of sp³-hybridized carbons (Fsp3) is 0.725. The van der Waals surface area contributed by atoms with Gasteiger partial charge in [-0.1, -0.05) is 120 Å². The molecular weight excluding hydrogens is 622 g/mol. The molecular formula is C40H69NO8. The number of hydrogen-bond donors (Lipinski definition) is 6. The van der Waals surface area contributed by atoms with Crippen LogP contribution in [-0.2, 0) is 14.3 Å². The second kappa shape index (κ2) is 30.7. The predicted octanol–water partition coefficient (Wildman–Crippen LogP) is 6.49. The van der Waals surface area contributed by atoms with Gasteiger partial charge in [-0.15, -0.1) is 0 Å². The minimum absolute atomic E-state index is 0.205.